The van der Waals surface area contributed by atoms with Gasteiger partial charge in [0.05, 0.1) is 22.7 Å². The Balaban J connectivity index is 2.13. The number of ether oxygens (including phenoxy) is 1. The van der Waals surface area contributed by atoms with E-state index in [1.54, 1.807) is 12.1 Å². The van der Waals surface area contributed by atoms with Crippen molar-refractivity contribution in [1.29, 1.82) is 0 Å². The summed E-state index contributed by atoms with van der Waals surface area (Å²) in [5, 5.41) is 3.36. The number of hydrogen-bond donors (Lipinski definition) is 1. The zero-order valence-electron chi connectivity index (χ0n) is 10.9. The number of nitrogens with zero attached hydrogens (tertiary/aromatic N) is 1. The zero-order valence-corrected chi connectivity index (χ0v) is 12.4. The lowest BCUT2D eigenvalue weighted by Crippen LogP contribution is -2.14. The number of methoxy groups -OCH3 is 1. The average molecular weight is 325 g/mol. The van der Waals surface area contributed by atoms with Crippen molar-refractivity contribution in [3.63, 3.8) is 0 Å². The van der Waals surface area contributed by atoms with Gasteiger partial charge in [-0.2, -0.15) is 0 Å². The summed E-state index contributed by atoms with van der Waals surface area (Å²) in [6.07, 6.45) is 1.27. The zero-order chi connectivity index (χ0) is 15.4. The van der Waals surface area contributed by atoms with Crippen LogP contribution in [0.3, 0.4) is 0 Å². The van der Waals surface area contributed by atoms with Gasteiger partial charge < -0.3 is 10.1 Å². The Bertz CT molecular complexity index is 687. The van der Waals surface area contributed by atoms with Gasteiger partial charge in [-0.25, -0.2) is 4.79 Å². The summed E-state index contributed by atoms with van der Waals surface area (Å²) in [4.78, 5) is 27.2. The molecule has 21 heavy (non-hydrogen) atoms. The van der Waals surface area contributed by atoms with Gasteiger partial charge in [0.25, 0.3) is 5.91 Å². The molecule has 0 spiro atoms. The molecule has 0 aliphatic carbocycles. The predicted octanol–water partition coefficient (Wildman–Crippen LogP) is 3.43. The Morgan fingerprint density at radius 1 is 1.14 bits per heavy atom. The van der Waals surface area contributed by atoms with E-state index in [2.05, 4.69) is 15.0 Å². The highest BCUT2D eigenvalue weighted by molar-refractivity contribution is 6.42. The van der Waals surface area contributed by atoms with E-state index in [9.17, 15) is 9.59 Å². The number of rotatable bonds is 3. The maximum Gasteiger partial charge on any atom is 0.339 e. The maximum absolute atomic E-state index is 12.0. The molecule has 5 nitrogen and oxygen atoms in total. The van der Waals surface area contributed by atoms with Crippen LogP contribution < -0.4 is 5.32 Å². The van der Waals surface area contributed by atoms with Crippen LogP contribution >= 0.6 is 23.2 Å². The summed E-state index contributed by atoms with van der Waals surface area (Å²) in [6, 6.07) is 7.62. The quantitative estimate of drug-likeness (QED) is 0.878. The van der Waals surface area contributed by atoms with Gasteiger partial charge >= 0.3 is 5.97 Å². The third-order valence-electron chi connectivity index (χ3n) is 2.59. The monoisotopic (exact) mass is 324 g/mol. The molecule has 0 unspecified atom stereocenters. The van der Waals surface area contributed by atoms with Crippen LogP contribution in [0.15, 0.2) is 36.5 Å². The molecule has 0 aliphatic heterocycles. The van der Waals surface area contributed by atoms with E-state index in [0.29, 0.717) is 15.7 Å². The molecule has 0 aliphatic rings. The topological polar surface area (TPSA) is 68.3 Å². The van der Waals surface area contributed by atoms with Gasteiger partial charge in [0.15, 0.2) is 0 Å². The molecule has 1 aromatic carbocycles. The Morgan fingerprint density at radius 3 is 2.48 bits per heavy atom. The third-order valence-corrected chi connectivity index (χ3v) is 3.33. The minimum atomic E-state index is -0.515. The van der Waals surface area contributed by atoms with Crippen molar-refractivity contribution in [2.75, 3.05) is 12.4 Å². The first kappa shape index (κ1) is 15.3. The van der Waals surface area contributed by atoms with Crippen molar-refractivity contribution < 1.29 is 14.3 Å². The first-order chi connectivity index (χ1) is 10.0. The van der Waals surface area contributed by atoms with Crippen LogP contribution in [0, 0.1) is 0 Å². The summed E-state index contributed by atoms with van der Waals surface area (Å²) >= 11 is 11.7. The first-order valence-corrected chi connectivity index (χ1v) is 6.57. The minimum Gasteiger partial charge on any atom is -0.465 e. The molecular formula is C14H10Cl2N2O3. The molecule has 2 aromatic rings. The van der Waals surface area contributed by atoms with E-state index < -0.39 is 11.9 Å². The largest absolute Gasteiger partial charge is 0.465 e. The van der Waals surface area contributed by atoms with E-state index in [-0.39, 0.29) is 11.3 Å². The van der Waals surface area contributed by atoms with E-state index in [4.69, 9.17) is 23.2 Å². The molecule has 0 radical (unpaired) electrons. The van der Waals surface area contributed by atoms with Crippen molar-refractivity contribution >= 4 is 40.8 Å². The van der Waals surface area contributed by atoms with Gasteiger partial charge in [0.1, 0.15) is 5.69 Å². The van der Waals surface area contributed by atoms with E-state index in [1.165, 1.54) is 31.5 Å². The highest BCUT2D eigenvalue weighted by Crippen LogP contribution is 2.25. The molecular weight excluding hydrogens is 315 g/mol. The van der Waals surface area contributed by atoms with Crippen molar-refractivity contribution in [2.45, 2.75) is 0 Å². The number of nitrogens with one attached hydrogen (secondary N) is 1. The summed E-state index contributed by atoms with van der Waals surface area (Å²) in [6.45, 7) is 0. The smallest absolute Gasteiger partial charge is 0.339 e. The molecule has 0 fully saturated rings. The summed E-state index contributed by atoms with van der Waals surface area (Å²) < 4.78 is 4.55. The van der Waals surface area contributed by atoms with Gasteiger partial charge in [-0.3, -0.25) is 9.78 Å². The number of halogens is 2. The molecule has 0 bridgehead atoms. The Morgan fingerprint density at radius 2 is 1.90 bits per heavy atom. The number of hydrogen-bond acceptors (Lipinski definition) is 4. The summed E-state index contributed by atoms with van der Waals surface area (Å²) in [5.41, 5.74) is 0.922. The van der Waals surface area contributed by atoms with Gasteiger partial charge in [-0.1, -0.05) is 23.2 Å². The summed E-state index contributed by atoms with van der Waals surface area (Å²) in [5.74, 6) is -0.941. The molecule has 7 heteroatoms. The number of aromatic nitrogens is 1. The minimum absolute atomic E-state index is 0.161. The molecule has 2 rings (SSSR count). The second-order valence-electron chi connectivity index (χ2n) is 4.01. The van der Waals surface area contributed by atoms with Crippen LogP contribution in [0.4, 0.5) is 5.69 Å². The fourth-order valence-corrected chi connectivity index (χ4v) is 1.83. The molecule has 1 aromatic heterocycles. The summed E-state index contributed by atoms with van der Waals surface area (Å²) in [7, 11) is 1.27. The maximum atomic E-state index is 12.0. The van der Waals surface area contributed by atoms with Crippen molar-refractivity contribution in [2.24, 2.45) is 0 Å². The van der Waals surface area contributed by atoms with Gasteiger partial charge in [0.2, 0.25) is 0 Å². The number of anilines is 1. The number of pyridine rings is 1. The van der Waals surface area contributed by atoms with Crippen LogP contribution in [0.25, 0.3) is 0 Å². The number of amides is 1. The second-order valence-corrected chi connectivity index (χ2v) is 4.82. The molecule has 0 saturated heterocycles. The predicted molar refractivity (Wildman–Crippen MR) is 80.0 cm³/mol. The molecule has 1 amide bonds. The van der Waals surface area contributed by atoms with Crippen molar-refractivity contribution in [3.8, 4) is 0 Å². The number of carbonyl (C=O) groups excluding carboxylic acids is 2. The van der Waals surface area contributed by atoms with Gasteiger partial charge in [0, 0.05) is 11.9 Å². The average Bonchev–Trinajstić information content (AvgIpc) is 2.50. The first-order valence-electron chi connectivity index (χ1n) is 5.82. The van der Waals surface area contributed by atoms with E-state index >= 15 is 0 Å². The van der Waals surface area contributed by atoms with Crippen LogP contribution in [0.1, 0.15) is 20.8 Å². The van der Waals surface area contributed by atoms with Gasteiger partial charge in [-0.15, -0.1) is 0 Å². The number of carbonyl (C=O) groups is 2. The fourth-order valence-electron chi connectivity index (χ4n) is 1.54. The lowest BCUT2D eigenvalue weighted by atomic mass is 10.2. The standard InChI is InChI=1S/C14H10Cl2N2O3/c1-21-14(20)8-2-5-12(17-7-8)13(19)18-9-3-4-10(15)11(16)6-9/h2-7H,1H3,(H,18,19). The van der Waals surface area contributed by atoms with Crippen LogP contribution in [0.2, 0.25) is 10.0 Å². The Kier molecular flexibility index (Phi) is 4.77. The lowest BCUT2D eigenvalue weighted by Gasteiger charge is -2.06. The highest BCUT2D eigenvalue weighted by atomic mass is 35.5. The SMILES string of the molecule is COC(=O)c1ccc(C(=O)Nc2ccc(Cl)c(Cl)c2)nc1. The Hall–Kier alpha value is -2.11. The molecule has 108 valence electrons. The highest BCUT2D eigenvalue weighted by Gasteiger charge is 2.11. The van der Waals surface area contributed by atoms with Crippen LogP contribution in [-0.4, -0.2) is 24.0 Å². The van der Waals surface area contributed by atoms with E-state index in [1.807, 2.05) is 0 Å². The fraction of sp³-hybridized carbons (Fsp3) is 0.0714. The normalized spacial score (nSPS) is 10.0. The third kappa shape index (κ3) is 3.71. The lowest BCUT2D eigenvalue weighted by molar-refractivity contribution is 0.0600. The van der Waals surface area contributed by atoms with Crippen LogP contribution in [0.5, 0.6) is 0 Å². The molecule has 0 atom stereocenters. The van der Waals surface area contributed by atoms with Crippen molar-refractivity contribution in [3.05, 3.63) is 57.8 Å². The molecule has 0 saturated carbocycles. The molecule has 1 N–H and O–H groups in total. The molecule has 1 heterocycles. The van der Waals surface area contributed by atoms with Crippen molar-refractivity contribution in [1.82, 2.24) is 4.98 Å². The number of benzene rings is 1. The number of esters is 1. The van der Waals surface area contributed by atoms with E-state index in [0.717, 1.165) is 0 Å². The Labute approximate surface area is 130 Å². The second kappa shape index (κ2) is 6.56. The van der Waals surface area contributed by atoms with Crippen LogP contribution in [-0.2, 0) is 4.74 Å². The van der Waals surface area contributed by atoms with Gasteiger partial charge in [-0.05, 0) is 30.3 Å².